The number of benzene rings is 3. The van der Waals surface area contributed by atoms with Crippen LogP contribution < -0.4 is 0 Å². The van der Waals surface area contributed by atoms with Crippen LogP contribution in [0.2, 0.25) is 0 Å². The quantitative estimate of drug-likeness (QED) is 0.404. The van der Waals surface area contributed by atoms with Gasteiger partial charge in [-0.05, 0) is 42.7 Å². The van der Waals surface area contributed by atoms with Crippen LogP contribution in [0.4, 0.5) is 0 Å². The minimum Gasteiger partial charge on any atom is -0.316 e. The van der Waals surface area contributed by atoms with Gasteiger partial charge in [-0.1, -0.05) is 73.2 Å². The summed E-state index contributed by atoms with van der Waals surface area (Å²) in [5.41, 5.74) is 6.57. The lowest BCUT2D eigenvalue weighted by Crippen LogP contribution is -1.99. The van der Waals surface area contributed by atoms with Crippen LogP contribution in [0.15, 0.2) is 85.1 Å². The molecular weight excluding hydrogens is 302 g/mol. The van der Waals surface area contributed by atoms with E-state index in [9.17, 15) is 0 Å². The molecule has 0 saturated carbocycles. The molecule has 4 rings (SSSR count). The van der Waals surface area contributed by atoms with Gasteiger partial charge in [0, 0.05) is 23.2 Å². The number of fused-ring (bicyclic) bond motifs is 1. The molecule has 0 radical (unpaired) electrons. The van der Waals surface area contributed by atoms with E-state index >= 15 is 0 Å². The Morgan fingerprint density at radius 2 is 1.48 bits per heavy atom. The van der Waals surface area contributed by atoms with Crippen molar-refractivity contribution in [2.45, 2.75) is 26.2 Å². The summed E-state index contributed by atoms with van der Waals surface area (Å²) >= 11 is 0. The highest BCUT2D eigenvalue weighted by Gasteiger charge is 2.18. The molecule has 1 unspecified atom stereocenters. The molecule has 0 saturated heterocycles. The number of aromatic nitrogens is 1. The van der Waals surface area contributed by atoms with E-state index in [1.807, 2.05) is 0 Å². The Kier molecular flexibility index (Phi) is 4.15. The fraction of sp³-hybridized carbons (Fsp3) is 0.167. The topological polar surface area (TPSA) is 4.93 Å². The molecule has 0 aliphatic carbocycles. The van der Waals surface area contributed by atoms with Gasteiger partial charge in [0.25, 0.3) is 0 Å². The van der Waals surface area contributed by atoms with Crippen LogP contribution in [0.1, 0.15) is 36.0 Å². The van der Waals surface area contributed by atoms with E-state index in [1.54, 1.807) is 0 Å². The lowest BCUT2D eigenvalue weighted by atomic mass is 9.89. The van der Waals surface area contributed by atoms with Gasteiger partial charge < -0.3 is 4.57 Å². The molecule has 25 heavy (non-hydrogen) atoms. The molecule has 0 aliphatic heterocycles. The first-order valence-corrected chi connectivity index (χ1v) is 9.00. The second-order valence-corrected chi connectivity index (χ2v) is 6.68. The summed E-state index contributed by atoms with van der Waals surface area (Å²) in [5, 5.41) is 1.35. The summed E-state index contributed by atoms with van der Waals surface area (Å²) in [6.45, 7) is 4.40. The average molecular weight is 325 g/mol. The van der Waals surface area contributed by atoms with Crippen molar-refractivity contribution < 1.29 is 0 Å². The molecular formula is C24H23N. The summed E-state index contributed by atoms with van der Waals surface area (Å²) in [5.74, 6) is 0.415. The van der Waals surface area contributed by atoms with Gasteiger partial charge in [-0.2, -0.15) is 0 Å². The van der Waals surface area contributed by atoms with Gasteiger partial charge in [0.2, 0.25) is 0 Å². The SMILES string of the molecule is CCC(c1ccccc1)c1cn(-c2ccc(C)cc2)c2ccccc12. The maximum atomic E-state index is 2.33. The molecule has 1 nitrogen and oxygen atoms in total. The number of rotatable bonds is 4. The van der Waals surface area contributed by atoms with Crippen molar-refractivity contribution in [3.05, 3.63) is 102 Å². The van der Waals surface area contributed by atoms with Crippen molar-refractivity contribution in [3.63, 3.8) is 0 Å². The maximum absolute atomic E-state index is 2.33. The first-order valence-electron chi connectivity index (χ1n) is 9.00. The largest absolute Gasteiger partial charge is 0.316 e. The molecule has 0 N–H and O–H groups in total. The zero-order valence-corrected chi connectivity index (χ0v) is 14.8. The van der Waals surface area contributed by atoms with Crippen molar-refractivity contribution in [1.82, 2.24) is 4.57 Å². The normalized spacial score (nSPS) is 12.4. The molecule has 0 aliphatic rings. The summed E-state index contributed by atoms with van der Waals surface area (Å²) in [6.07, 6.45) is 3.42. The van der Waals surface area contributed by atoms with E-state index in [0.717, 1.165) is 6.42 Å². The van der Waals surface area contributed by atoms with Crippen molar-refractivity contribution >= 4 is 10.9 Å². The highest BCUT2D eigenvalue weighted by atomic mass is 15.0. The standard InChI is InChI=1S/C24H23N/c1-3-21(19-9-5-4-6-10-19)23-17-25(20-15-13-18(2)14-16-20)24-12-8-7-11-22(23)24/h4-17,21H,3H2,1-2H3. The van der Waals surface area contributed by atoms with Crippen LogP contribution in [0.25, 0.3) is 16.6 Å². The molecule has 3 aromatic carbocycles. The van der Waals surface area contributed by atoms with Gasteiger partial charge in [0.15, 0.2) is 0 Å². The highest BCUT2D eigenvalue weighted by molar-refractivity contribution is 5.86. The number of nitrogens with zero attached hydrogens (tertiary/aromatic N) is 1. The van der Waals surface area contributed by atoms with E-state index in [2.05, 4.69) is 103 Å². The fourth-order valence-corrected chi connectivity index (χ4v) is 3.72. The second kappa shape index (κ2) is 6.60. The lowest BCUT2D eigenvalue weighted by molar-refractivity contribution is 0.781. The fourth-order valence-electron chi connectivity index (χ4n) is 3.72. The van der Waals surface area contributed by atoms with Gasteiger partial charge in [-0.15, -0.1) is 0 Å². The summed E-state index contributed by atoms with van der Waals surface area (Å²) < 4.78 is 2.33. The Balaban J connectivity index is 1.92. The van der Waals surface area contributed by atoms with Crippen LogP contribution >= 0.6 is 0 Å². The maximum Gasteiger partial charge on any atom is 0.0531 e. The van der Waals surface area contributed by atoms with E-state index in [0.29, 0.717) is 5.92 Å². The Bertz CT molecular complexity index is 978. The lowest BCUT2D eigenvalue weighted by Gasteiger charge is -2.14. The molecule has 0 bridgehead atoms. The molecule has 1 heteroatoms. The van der Waals surface area contributed by atoms with Gasteiger partial charge in [0.1, 0.15) is 0 Å². The first-order chi connectivity index (χ1) is 12.3. The van der Waals surface area contributed by atoms with E-state index in [-0.39, 0.29) is 0 Å². The molecule has 1 heterocycles. The molecule has 4 aromatic rings. The average Bonchev–Trinajstić information content (AvgIpc) is 3.04. The molecule has 0 spiro atoms. The Hall–Kier alpha value is -2.80. The molecule has 0 fully saturated rings. The van der Waals surface area contributed by atoms with Gasteiger partial charge in [-0.25, -0.2) is 0 Å². The van der Waals surface area contributed by atoms with Crippen LogP contribution in [-0.4, -0.2) is 4.57 Å². The summed E-state index contributed by atoms with van der Waals surface area (Å²) in [7, 11) is 0. The highest BCUT2D eigenvalue weighted by Crippen LogP contribution is 2.35. The smallest absolute Gasteiger partial charge is 0.0531 e. The van der Waals surface area contributed by atoms with Gasteiger partial charge in [0.05, 0.1) is 5.52 Å². The Morgan fingerprint density at radius 3 is 2.20 bits per heavy atom. The number of hydrogen-bond donors (Lipinski definition) is 0. The van der Waals surface area contributed by atoms with Crippen LogP contribution in [0.5, 0.6) is 0 Å². The summed E-state index contributed by atoms with van der Waals surface area (Å²) in [4.78, 5) is 0. The summed E-state index contributed by atoms with van der Waals surface area (Å²) in [6, 6.07) is 28.3. The van der Waals surface area contributed by atoms with Crippen LogP contribution in [-0.2, 0) is 0 Å². The number of hydrogen-bond acceptors (Lipinski definition) is 0. The van der Waals surface area contributed by atoms with Gasteiger partial charge in [-0.3, -0.25) is 0 Å². The Labute approximate surface area is 149 Å². The van der Waals surface area contributed by atoms with E-state index in [4.69, 9.17) is 0 Å². The number of para-hydroxylation sites is 1. The van der Waals surface area contributed by atoms with E-state index < -0.39 is 0 Å². The zero-order valence-electron chi connectivity index (χ0n) is 14.8. The second-order valence-electron chi connectivity index (χ2n) is 6.68. The van der Waals surface area contributed by atoms with Crippen molar-refractivity contribution in [2.24, 2.45) is 0 Å². The Morgan fingerprint density at radius 1 is 0.800 bits per heavy atom. The third kappa shape index (κ3) is 2.87. The number of aryl methyl sites for hydroxylation is 1. The molecule has 1 atom stereocenters. The minimum absolute atomic E-state index is 0.415. The third-order valence-corrected chi connectivity index (χ3v) is 5.04. The first kappa shape index (κ1) is 15.7. The van der Waals surface area contributed by atoms with Crippen molar-refractivity contribution in [3.8, 4) is 5.69 Å². The molecule has 0 amide bonds. The predicted molar refractivity (Wildman–Crippen MR) is 107 cm³/mol. The third-order valence-electron chi connectivity index (χ3n) is 5.04. The van der Waals surface area contributed by atoms with Gasteiger partial charge >= 0.3 is 0 Å². The van der Waals surface area contributed by atoms with Crippen molar-refractivity contribution in [2.75, 3.05) is 0 Å². The molecule has 124 valence electrons. The molecule has 1 aromatic heterocycles. The van der Waals surface area contributed by atoms with Crippen molar-refractivity contribution in [1.29, 1.82) is 0 Å². The van der Waals surface area contributed by atoms with Crippen LogP contribution in [0.3, 0.4) is 0 Å². The predicted octanol–water partition coefficient (Wildman–Crippen LogP) is 6.48. The zero-order chi connectivity index (χ0) is 17.2. The minimum atomic E-state index is 0.415. The monoisotopic (exact) mass is 325 g/mol. The van der Waals surface area contributed by atoms with E-state index in [1.165, 1.54) is 33.3 Å². The van der Waals surface area contributed by atoms with Crippen LogP contribution in [0, 0.1) is 6.92 Å².